The van der Waals surface area contributed by atoms with Gasteiger partial charge in [0, 0.05) is 18.6 Å². The topological polar surface area (TPSA) is 41.9 Å². The molecule has 4 rings (SSSR count). The van der Waals surface area contributed by atoms with Gasteiger partial charge < -0.3 is 14.6 Å². The molecule has 2 aromatic carbocycles. The van der Waals surface area contributed by atoms with Gasteiger partial charge in [0.25, 0.3) is 0 Å². The zero-order chi connectivity index (χ0) is 20.4. The molecule has 2 saturated heterocycles. The van der Waals surface area contributed by atoms with Crippen LogP contribution in [-0.4, -0.2) is 35.8 Å². The van der Waals surface area contributed by atoms with E-state index in [0.717, 1.165) is 30.5 Å². The van der Waals surface area contributed by atoms with Gasteiger partial charge in [0.15, 0.2) is 11.5 Å². The van der Waals surface area contributed by atoms with Crippen LogP contribution in [0.4, 0.5) is 4.39 Å². The second-order valence-corrected chi connectivity index (χ2v) is 7.98. The van der Waals surface area contributed by atoms with Crippen LogP contribution in [0.5, 0.6) is 11.5 Å². The van der Waals surface area contributed by atoms with Crippen LogP contribution in [0.25, 0.3) is 0 Å². The zero-order valence-corrected chi connectivity index (χ0v) is 16.6. The van der Waals surface area contributed by atoms with E-state index in [-0.39, 0.29) is 12.4 Å². The van der Waals surface area contributed by atoms with Gasteiger partial charge in [0.1, 0.15) is 12.4 Å². The van der Waals surface area contributed by atoms with Crippen LogP contribution < -0.4 is 9.47 Å². The van der Waals surface area contributed by atoms with Crippen LogP contribution in [0.2, 0.25) is 0 Å². The van der Waals surface area contributed by atoms with Crippen molar-refractivity contribution in [3.8, 4) is 23.8 Å². The Balaban J connectivity index is 1.49. The first-order chi connectivity index (χ1) is 14.0. The maximum Gasteiger partial charge on any atom is 0.162 e. The molecular weight excluding hydrogens is 369 g/mol. The summed E-state index contributed by atoms with van der Waals surface area (Å²) >= 11 is 0. The Morgan fingerprint density at radius 2 is 1.83 bits per heavy atom. The standard InChI is InChI=1S/C24H26FNO3/c1-3-12-29-22-11-4-17(13-23(22)28-2)16-26-20-9-10-21(26)15-24(27,14-20)18-5-7-19(25)8-6-18/h1,4-8,11,13,20-21,27H,9-10,12,14-16H2,2H3/t20-,21+,24?. The molecule has 2 aromatic rings. The summed E-state index contributed by atoms with van der Waals surface area (Å²) in [6.07, 6.45) is 8.72. The lowest BCUT2D eigenvalue weighted by molar-refractivity contribution is -0.0595. The van der Waals surface area contributed by atoms with E-state index in [1.165, 1.54) is 12.1 Å². The van der Waals surface area contributed by atoms with Crippen molar-refractivity contribution in [3.63, 3.8) is 0 Å². The lowest BCUT2D eigenvalue weighted by Crippen LogP contribution is -2.49. The zero-order valence-electron chi connectivity index (χ0n) is 16.6. The molecule has 2 bridgehead atoms. The van der Waals surface area contributed by atoms with Gasteiger partial charge in [-0.25, -0.2) is 4.39 Å². The number of fused-ring (bicyclic) bond motifs is 2. The Morgan fingerprint density at radius 1 is 1.14 bits per heavy atom. The Hall–Kier alpha value is -2.55. The van der Waals surface area contributed by atoms with Gasteiger partial charge in [-0.1, -0.05) is 24.1 Å². The third kappa shape index (κ3) is 3.96. The van der Waals surface area contributed by atoms with Gasteiger partial charge in [0.2, 0.25) is 0 Å². The van der Waals surface area contributed by atoms with Crippen LogP contribution in [-0.2, 0) is 12.1 Å². The first kappa shape index (κ1) is 19.8. The van der Waals surface area contributed by atoms with Crippen molar-refractivity contribution in [3.05, 3.63) is 59.4 Å². The van der Waals surface area contributed by atoms with E-state index >= 15 is 0 Å². The minimum absolute atomic E-state index is 0.202. The van der Waals surface area contributed by atoms with Crippen molar-refractivity contribution < 1.29 is 19.0 Å². The summed E-state index contributed by atoms with van der Waals surface area (Å²) in [7, 11) is 1.62. The lowest BCUT2D eigenvalue weighted by Gasteiger charge is -2.44. The molecule has 2 heterocycles. The molecule has 1 unspecified atom stereocenters. The molecule has 2 aliphatic rings. The predicted molar refractivity (Wildman–Crippen MR) is 109 cm³/mol. The molecule has 0 amide bonds. The molecule has 0 aliphatic carbocycles. The molecule has 2 fully saturated rings. The third-order valence-electron chi connectivity index (χ3n) is 6.20. The van der Waals surface area contributed by atoms with E-state index in [9.17, 15) is 9.50 Å². The monoisotopic (exact) mass is 395 g/mol. The number of piperidine rings is 1. The van der Waals surface area contributed by atoms with E-state index in [2.05, 4.69) is 10.8 Å². The van der Waals surface area contributed by atoms with Crippen LogP contribution in [0.15, 0.2) is 42.5 Å². The van der Waals surface area contributed by atoms with Crippen LogP contribution in [0.3, 0.4) is 0 Å². The Bertz CT molecular complexity index is 891. The largest absolute Gasteiger partial charge is 0.493 e. The van der Waals surface area contributed by atoms with E-state index in [1.807, 2.05) is 18.2 Å². The number of nitrogens with zero attached hydrogens (tertiary/aromatic N) is 1. The minimum atomic E-state index is -0.888. The highest BCUT2D eigenvalue weighted by Gasteiger charge is 2.48. The van der Waals surface area contributed by atoms with Gasteiger partial charge in [0.05, 0.1) is 12.7 Å². The van der Waals surface area contributed by atoms with Gasteiger partial charge >= 0.3 is 0 Å². The molecule has 5 heteroatoms. The van der Waals surface area contributed by atoms with Gasteiger partial charge in [-0.2, -0.15) is 0 Å². The van der Waals surface area contributed by atoms with Gasteiger partial charge in [-0.05, 0) is 61.1 Å². The van der Waals surface area contributed by atoms with Crippen LogP contribution in [0.1, 0.15) is 36.8 Å². The number of terminal acetylenes is 1. The Kier molecular flexibility index (Phi) is 5.49. The second-order valence-electron chi connectivity index (χ2n) is 7.98. The van der Waals surface area contributed by atoms with Crippen molar-refractivity contribution in [2.24, 2.45) is 0 Å². The predicted octanol–water partition coefficient (Wildman–Crippen LogP) is 3.86. The van der Waals surface area contributed by atoms with Crippen molar-refractivity contribution in [1.82, 2.24) is 4.90 Å². The summed E-state index contributed by atoms with van der Waals surface area (Å²) in [5.74, 6) is 3.50. The first-order valence-electron chi connectivity index (χ1n) is 10.00. The molecule has 0 saturated carbocycles. The number of ether oxygens (including phenoxy) is 2. The summed E-state index contributed by atoms with van der Waals surface area (Å²) in [6, 6.07) is 12.8. The average Bonchev–Trinajstić information content (AvgIpc) is 2.96. The van der Waals surface area contributed by atoms with E-state index in [4.69, 9.17) is 15.9 Å². The maximum absolute atomic E-state index is 13.3. The number of hydrogen-bond acceptors (Lipinski definition) is 4. The highest BCUT2D eigenvalue weighted by molar-refractivity contribution is 5.43. The number of benzene rings is 2. The van der Waals surface area contributed by atoms with Crippen molar-refractivity contribution in [2.75, 3.05) is 13.7 Å². The first-order valence-corrected chi connectivity index (χ1v) is 10.00. The third-order valence-corrected chi connectivity index (χ3v) is 6.20. The van der Waals surface area contributed by atoms with Gasteiger partial charge in [-0.15, -0.1) is 6.42 Å². The number of halogens is 1. The number of rotatable bonds is 6. The SMILES string of the molecule is C#CCOc1ccc(CN2[C@@H]3CC[C@H]2CC(O)(c2ccc(F)cc2)C3)cc1OC. The van der Waals surface area contributed by atoms with Crippen LogP contribution >= 0.6 is 0 Å². The molecule has 1 N–H and O–H groups in total. The van der Waals surface area contributed by atoms with Gasteiger partial charge in [-0.3, -0.25) is 4.90 Å². The second kappa shape index (κ2) is 8.06. The molecule has 152 valence electrons. The molecular formula is C24H26FNO3. The highest BCUT2D eigenvalue weighted by atomic mass is 19.1. The van der Waals surface area contributed by atoms with E-state index < -0.39 is 5.60 Å². The fourth-order valence-electron chi connectivity index (χ4n) is 4.83. The molecule has 0 radical (unpaired) electrons. The average molecular weight is 395 g/mol. The maximum atomic E-state index is 13.3. The molecule has 0 aromatic heterocycles. The van der Waals surface area contributed by atoms with Crippen molar-refractivity contribution in [1.29, 1.82) is 0 Å². The minimum Gasteiger partial charge on any atom is -0.493 e. The number of methoxy groups -OCH3 is 1. The number of aliphatic hydroxyl groups is 1. The normalized spacial score (nSPS) is 26.1. The lowest BCUT2D eigenvalue weighted by atomic mass is 9.80. The fourth-order valence-corrected chi connectivity index (χ4v) is 4.83. The Morgan fingerprint density at radius 3 is 2.45 bits per heavy atom. The smallest absolute Gasteiger partial charge is 0.162 e. The highest BCUT2D eigenvalue weighted by Crippen LogP contribution is 2.46. The molecule has 0 spiro atoms. The summed E-state index contributed by atoms with van der Waals surface area (Å²) in [6.45, 7) is 0.995. The van der Waals surface area contributed by atoms with Crippen molar-refractivity contribution >= 4 is 0 Å². The summed E-state index contributed by atoms with van der Waals surface area (Å²) in [4.78, 5) is 2.48. The number of hydrogen-bond donors (Lipinski definition) is 1. The van der Waals surface area contributed by atoms with Crippen molar-refractivity contribution in [2.45, 2.75) is 49.9 Å². The summed E-state index contributed by atoms with van der Waals surface area (Å²) in [5, 5.41) is 11.3. The summed E-state index contributed by atoms with van der Waals surface area (Å²) < 4.78 is 24.3. The van der Waals surface area contributed by atoms with E-state index in [0.29, 0.717) is 36.4 Å². The quantitative estimate of drug-likeness (QED) is 0.755. The van der Waals surface area contributed by atoms with E-state index in [1.54, 1.807) is 19.2 Å². The molecule has 2 aliphatic heterocycles. The summed E-state index contributed by atoms with van der Waals surface area (Å²) in [5.41, 5.74) is 1.06. The Labute approximate surface area is 171 Å². The molecule has 4 nitrogen and oxygen atoms in total. The molecule has 29 heavy (non-hydrogen) atoms. The molecule has 3 atom stereocenters. The van der Waals surface area contributed by atoms with Crippen LogP contribution in [0, 0.1) is 18.2 Å². The fraction of sp³-hybridized carbons (Fsp3) is 0.417.